The summed E-state index contributed by atoms with van der Waals surface area (Å²) in [7, 11) is 1.63. The van der Waals surface area contributed by atoms with Gasteiger partial charge in [0.2, 0.25) is 0 Å². The fraction of sp³-hybridized carbons (Fsp3) is 0.235. The average Bonchev–Trinajstić information content (AvgIpc) is 2.48. The molecular formula is C17H18O3. The fourth-order valence-corrected chi connectivity index (χ4v) is 1.91. The van der Waals surface area contributed by atoms with E-state index < -0.39 is 0 Å². The van der Waals surface area contributed by atoms with Crippen molar-refractivity contribution in [1.29, 1.82) is 0 Å². The molecule has 20 heavy (non-hydrogen) atoms. The van der Waals surface area contributed by atoms with Gasteiger partial charge in [0.25, 0.3) is 0 Å². The van der Waals surface area contributed by atoms with E-state index in [2.05, 4.69) is 6.92 Å². The normalized spacial score (nSPS) is 10.3. The smallest absolute Gasteiger partial charge is 0.343 e. The summed E-state index contributed by atoms with van der Waals surface area (Å²) in [6.45, 7) is 2.56. The summed E-state index contributed by atoms with van der Waals surface area (Å²) in [5.74, 6) is 0.205. The Morgan fingerprint density at radius 3 is 2.45 bits per heavy atom. The summed E-state index contributed by atoms with van der Waals surface area (Å²) in [5.41, 5.74) is 2.69. The van der Waals surface area contributed by atoms with Gasteiger partial charge in [-0.15, -0.1) is 0 Å². The molecule has 0 aliphatic rings. The van der Waals surface area contributed by atoms with Crippen LogP contribution in [0.2, 0.25) is 0 Å². The van der Waals surface area contributed by atoms with Gasteiger partial charge in [0.1, 0.15) is 5.75 Å². The second-order valence-corrected chi connectivity index (χ2v) is 4.52. The molecule has 0 amide bonds. The molecule has 0 fully saturated rings. The summed E-state index contributed by atoms with van der Waals surface area (Å²) in [6, 6.07) is 14.8. The van der Waals surface area contributed by atoms with Crippen molar-refractivity contribution >= 4 is 5.97 Å². The molecule has 3 nitrogen and oxygen atoms in total. The first kappa shape index (κ1) is 14.3. The third-order valence-electron chi connectivity index (χ3n) is 3.02. The molecule has 3 heteroatoms. The first-order valence-electron chi connectivity index (χ1n) is 6.62. The Balaban J connectivity index is 2.08. The van der Waals surface area contributed by atoms with Crippen molar-refractivity contribution in [2.24, 2.45) is 0 Å². The minimum atomic E-state index is -0.354. The lowest BCUT2D eigenvalue weighted by Gasteiger charge is -2.06. The van der Waals surface area contributed by atoms with Crippen molar-refractivity contribution < 1.29 is 14.3 Å². The van der Waals surface area contributed by atoms with E-state index in [1.54, 1.807) is 19.2 Å². The summed E-state index contributed by atoms with van der Waals surface area (Å²) < 4.78 is 10.4. The second kappa shape index (κ2) is 6.87. The Hall–Kier alpha value is -2.13. The number of hydrogen-bond acceptors (Lipinski definition) is 3. The summed E-state index contributed by atoms with van der Waals surface area (Å²) >= 11 is 0. The lowest BCUT2D eigenvalue weighted by Crippen LogP contribution is -2.09. The largest absolute Gasteiger partial charge is 0.423 e. The molecule has 0 aliphatic heterocycles. The van der Waals surface area contributed by atoms with Gasteiger partial charge in [-0.2, -0.15) is 0 Å². The predicted molar refractivity (Wildman–Crippen MR) is 77.9 cm³/mol. The zero-order valence-electron chi connectivity index (χ0n) is 11.8. The molecule has 2 aromatic carbocycles. The van der Waals surface area contributed by atoms with Gasteiger partial charge in [0, 0.05) is 7.11 Å². The van der Waals surface area contributed by atoms with E-state index >= 15 is 0 Å². The first-order valence-corrected chi connectivity index (χ1v) is 6.62. The monoisotopic (exact) mass is 270 g/mol. The number of esters is 1. The lowest BCUT2D eigenvalue weighted by atomic mass is 10.1. The van der Waals surface area contributed by atoms with Crippen molar-refractivity contribution in [2.45, 2.75) is 20.0 Å². The van der Waals surface area contributed by atoms with Crippen LogP contribution in [-0.2, 0) is 17.8 Å². The van der Waals surface area contributed by atoms with E-state index in [0.717, 1.165) is 12.0 Å². The van der Waals surface area contributed by atoms with Crippen molar-refractivity contribution in [1.82, 2.24) is 0 Å². The van der Waals surface area contributed by atoms with Crippen LogP contribution in [0.5, 0.6) is 5.75 Å². The number of ether oxygens (including phenoxy) is 2. The van der Waals surface area contributed by atoms with Crippen LogP contribution in [0.4, 0.5) is 0 Å². The van der Waals surface area contributed by atoms with Gasteiger partial charge in [-0.05, 0) is 41.8 Å². The van der Waals surface area contributed by atoms with Crippen molar-refractivity contribution in [3.63, 3.8) is 0 Å². The van der Waals surface area contributed by atoms with E-state index in [1.807, 2.05) is 36.4 Å². The Morgan fingerprint density at radius 2 is 1.80 bits per heavy atom. The molecule has 0 saturated heterocycles. The molecule has 0 unspecified atom stereocenters. The summed E-state index contributed by atoms with van der Waals surface area (Å²) in [6.07, 6.45) is 0.966. The Morgan fingerprint density at radius 1 is 1.05 bits per heavy atom. The van der Waals surface area contributed by atoms with Crippen molar-refractivity contribution in [3.05, 3.63) is 65.2 Å². The van der Waals surface area contributed by atoms with Gasteiger partial charge in [0.15, 0.2) is 0 Å². The van der Waals surface area contributed by atoms with Crippen LogP contribution >= 0.6 is 0 Å². The van der Waals surface area contributed by atoms with Gasteiger partial charge in [-0.1, -0.05) is 31.2 Å². The highest BCUT2D eigenvalue weighted by atomic mass is 16.5. The number of rotatable bonds is 5. The number of benzene rings is 2. The molecule has 2 aromatic rings. The van der Waals surface area contributed by atoms with Crippen LogP contribution in [0.25, 0.3) is 0 Å². The highest BCUT2D eigenvalue weighted by Crippen LogP contribution is 2.15. The number of carbonyl (C=O) groups excluding carboxylic acids is 1. The van der Waals surface area contributed by atoms with E-state index in [9.17, 15) is 4.79 Å². The van der Waals surface area contributed by atoms with Gasteiger partial charge in [-0.3, -0.25) is 0 Å². The molecular weight excluding hydrogens is 252 g/mol. The molecule has 0 heterocycles. The quantitative estimate of drug-likeness (QED) is 0.615. The molecule has 0 radical (unpaired) electrons. The van der Waals surface area contributed by atoms with Gasteiger partial charge >= 0.3 is 5.97 Å². The predicted octanol–water partition coefficient (Wildman–Crippen LogP) is 3.61. The number of methoxy groups -OCH3 is 1. The van der Waals surface area contributed by atoms with Crippen LogP contribution in [0.3, 0.4) is 0 Å². The minimum absolute atomic E-state index is 0.354. The standard InChI is InChI=1S/C17H18O3/c1-3-13-7-9-16(10-8-13)20-17(18)15-6-4-5-14(11-15)12-19-2/h4-11H,3,12H2,1-2H3. The van der Waals surface area contributed by atoms with E-state index in [1.165, 1.54) is 5.56 Å². The molecule has 104 valence electrons. The number of carbonyl (C=O) groups is 1. The highest BCUT2D eigenvalue weighted by molar-refractivity contribution is 5.91. The maximum Gasteiger partial charge on any atom is 0.343 e. The minimum Gasteiger partial charge on any atom is -0.423 e. The SMILES string of the molecule is CCc1ccc(OC(=O)c2cccc(COC)c2)cc1. The average molecular weight is 270 g/mol. The molecule has 2 rings (SSSR count). The van der Waals surface area contributed by atoms with Gasteiger partial charge in [0.05, 0.1) is 12.2 Å². The molecule has 0 aliphatic carbocycles. The summed E-state index contributed by atoms with van der Waals surface area (Å²) in [5, 5.41) is 0. The van der Waals surface area contributed by atoms with Crippen LogP contribution in [-0.4, -0.2) is 13.1 Å². The zero-order chi connectivity index (χ0) is 14.4. The Kier molecular flexibility index (Phi) is 4.91. The molecule has 0 saturated carbocycles. The summed E-state index contributed by atoms with van der Waals surface area (Å²) in [4.78, 5) is 12.1. The third-order valence-corrected chi connectivity index (χ3v) is 3.02. The van der Waals surface area contributed by atoms with Crippen LogP contribution in [0.1, 0.15) is 28.4 Å². The molecule has 0 spiro atoms. The topological polar surface area (TPSA) is 35.5 Å². The first-order chi connectivity index (χ1) is 9.72. The molecule has 0 aromatic heterocycles. The maximum atomic E-state index is 12.1. The lowest BCUT2D eigenvalue weighted by molar-refractivity contribution is 0.0734. The van der Waals surface area contributed by atoms with Crippen LogP contribution in [0.15, 0.2) is 48.5 Å². The highest BCUT2D eigenvalue weighted by Gasteiger charge is 2.09. The number of aryl methyl sites for hydroxylation is 1. The third kappa shape index (κ3) is 3.68. The van der Waals surface area contributed by atoms with E-state index in [4.69, 9.17) is 9.47 Å². The van der Waals surface area contributed by atoms with Crippen LogP contribution < -0.4 is 4.74 Å². The Labute approximate surface area is 119 Å². The zero-order valence-corrected chi connectivity index (χ0v) is 11.8. The maximum absolute atomic E-state index is 12.1. The molecule has 0 bridgehead atoms. The molecule has 0 atom stereocenters. The second-order valence-electron chi connectivity index (χ2n) is 4.52. The van der Waals surface area contributed by atoms with Crippen molar-refractivity contribution in [2.75, 3.05) is 7.11 Å². The van der Waals surface area contributed by atoms with Crippen molar-refractivity contribution in [3.8, 4) is 5.75 Å². The van der Waals surface area contributed by atoms with E-state index in [-0.39, 0.29) is 5.97 Å². The van der Waals surface area contributed by atoms with Crippen LogP contribution in [0, 0.1) is 0 Å². The molecule has 0 N–H and O–H groups in total. The Bertz CT molecular complexity index is 573. The van der Waals surface area contributed by atoms with Gasteiger partial charge < -0.3 is 9.47 Å². The number of hydrogen-bond donors (Lipinski definition) is 0. The van der Waals surface area contributed by atoms with Gasteiger partial charge in [-0.25, -0.2) is 4.79 Å². The van der Waals surface area contributed by atoms with E-state index in [0.29, 0.717) is 17.9 Å². The fourth-order valence-electron chi connectivity index (χ4n) is 1.91.